The lowest BCUT2D eigenvalue weighted by molar-refractivity contribution is -0.384. The molecule has 2 saturated heterocycles. The van der Waals surface area contributed by atoms with Crippen LogP contribution < -0.4 is 5.32 Å². The van der Waals surface area contributed by atoms with Crippen molar-refractivity contribution in [1.82, 2.24) is 24.7 Å². The molecule has 2 aromatic heterocycles. The van der Waals surface area contributed by atoms with Crippen molar-refractivity contribution in [3.05, 3.63) is 88.5 Å². The van der Waals surface area contributed by atoms with Crippen molar-refractivity contribution in [2.45, 2.75) is 18.5 Å². The second kappa shape index (κ2) is 10.5. The third-order valence-electron chi connectivity index (χ3n) is 6.60. The predicted molar refractivity (Wildman–Crippen MR) is 136 cm³/mol. The van der Waals surface area contributed by atoms with Crippen LogP contribution in [-0.2, 0) is 4.74 Å². The van der Waals surface area contributed by atoms with Gasteiger partial charge in [-0.25, -0.2) is 0 Å². The average molecular weight is 493 g/mol. The Morgan fingerprint density at radius 3 is 2.60 bits per heavy atom. The van der Waals surface area contributed by atoms with Crippen molar-refractivity contribution < 1.29 is 9.66 Å². The van der Waals surface area contributed by atoms with Gasteiger partial charge in [-0.1, -0.05) is 6.07 Å². The summed E-state index contributed by atoms with van der Waals surface area (Å²) in [5.74, 6) is 0. The fourth-order valence-corrected chi connectivity index (χ4v) is 5.19. The minimum atomic E-state index is -0.382. The zero-order valence-electron chi connectivity index (χ0n) is 19.3. The Hall–Kier alpha value is -3.34. The number of pyridine rings is 1. The molecule has 10 heteroatoms. The maximum Gasteiger partial charge on any atom is 0.269 e. The number of aromatic nitrogens is 2. The Morgan fingerprint density at radius 1 is 1.09 bits per heavy atom. The Bertz CT molecular complexity index is 1160. The molecule has 9 nitrogen and oxygen atoms in total. The SMILES string of the molecule is O=[N+]([O-])c1ccc(-n2cccc2[C@H]2[C@@H](c3ccccn3)NC(=S)N2CCCN2CCOCC2)cc1. The fourth-order valence-electron chi connectivity index (χ4n) is 4.86. The van der Waals surface area contributed by atoms with Gasteiger partial charge < -0.3 is 19.5 Å². The first-order valence-corrected chi connectivity index (χ1v) is 12.2. The summed E-state index contributed by atoms with van der Waals surface area (Å²) in [5.41, 5.74) is 2.91. The quantitative estimate of drug-likeness (QED) is 0.291. The lowest BCUT2D eigenvalue weighted by Crippen LogP contribution is -2.39. The van der Waals surface area contributed by atoms with E-state index in [2.05, 4.69) is 30.7 Å². The second-order valence-electron chi connectivity index (χ2n) is 8.70. The van der Waals surface area contributed by atoms with E-state index in [1.165, 1.54) is 12.1 Å². The number of nitrogens with one attached hydrogen (secondary N) is 1. The molecule has 1 aromatic carbocycles. The van der Waals surface area contributed by atoms with Gasteiger partial charge in [0.15, 0.2) is 5.11 Å². The van der Waals surface area contributed by atoms with Gasteiger partial charge in [-0.05, 0) is 55.0 Å². The van der Waals surface area contributed by atoms with Crippen LogP contribution in [0.1, 0.15) is 29.9 Å². The van der Waals surface area contributed by atoms with E-state index in [1.807, 2.05) is 30.5 Å². The van der Waals surface area contributed by atoms with Crippen LogP contribution in [0.4, 0.5) is 5.69 Å². The number of rotatable bonds is 8. The number of non-ortho nitro benzene ring substituents is 1. The van der Waals surface area contributed by atoms with Crippen molar-refractivity contribution in [3.63, 3.8) is 0 Å². The predicted octanol–water partition coefficient (Wildman–Crippen LogP) is 3.48. The molecule has 2 atom stereocenters. The molecule has 0 amide bonds. The lowest BCUT2D eigenvalue weighted by Gasteiger charge is -2.31. The fraction of sp³-hybridized carbons (Fsp3) is 0.360. The van der Waals surface area contributed by atoms with Crippen molar-refractivity contribution >= 4 is 23.0 Å². The average Bonchev–Trinajstić information content (AvgIpc) is 3.50. The summed E-state index contributed by atoms with van der Waals surface area (Å²) >= 11 is 5.81. The van der Waals surface area contributed by atoms with Gasteiger partial charge >= 0.3 is 0 Å². The Balaban J connectivity index is 1.44. The number of ether oxygens (including phenoxy) is 1. The number of morpholine rings is 1. The van der Waals surface area contributed by atoms with Crippen LogP contribution in [-0.4, -0.2) is 68.8 Å². The van der Waals surface area contributed by atoms with Crippen LogP contribution in [0.2, 0.25) is 0 Å². The number of nitro benzene ring substituents is 1. The largest absolute Gasteiger partial charge is 0.379 e. The Kier molecular flexibility index (Phi) is 7.03. The van der Waals surface area contributed by atoms with Gasteiger partial charge in [-0.2, -0.15) is 0 Å². The summed E-state index contributed by atoms with van der Waals surface area (Å²) in [6, 6.07) is 16.4. The minimum Gasteiger partial charge on any atom is -0.379 e. The number of nitrogens with zero attached hydrogens (tertiary/aromatic N) is 5. The van der Waals surface area contributed by atoms with E-state index in [-0.39, 0.29) is 22.7 Å². The van der Waals surface area contributed by atoms with Gasteiger partial charge in [-0.3, -0.25) is 20.0 Å². The summed E-state index contributed by atoms with van der Waals surface area (Å²) in [7, 11) is 0. The van der Waals surface area contributed by atoms with E-state index in [9.17, 15) is 10.1 Å². The van der Waals surface area contributed by atoms with E-state index >= 15 is 0 Å². The van der Waals surface area contributed by atoms with E-state index in [0.717, 1.165) is 62.9 Å². The number of thiocarbonyl (C=S) groups is 1. The van der Waals surface area contributed by atoms with Gasteiger partial charge in [0.2, 0.25) is 0 Å². The van der Waals surface area contributed by atoms with E-state index in [1.54, 1.807) is 18.3 Å². The zero-order valence-corrected chi connectivity index (χ0v) is 20.1. The highest BCUT2D eigenvalue weighted by Crippen LogP contribution is 2.39. The summed E-state index contributed by atoms with van der Waals surface area (Å²) in [6.07, 6.45) is 4.76. The molecular formula is C25H28N6O3S. The summed E-state index contributed by atoms with van der Waals surface area (Å²) in [4.78, 5) is 20.0. The maximum atomic E-state index is 11.1. The highest BCUT2D eigenvalue weighted by atomic mass is 32.1. The van der Waals surface area contributed by atoms with Crippen LogP contribution in [0.3, 0.4) is 0 Å². The molecule has 0 unspecified atom stereocenters. The highest BCUT2D eigenvalue weighted by Gasteiger charge is 2.41. The van der Waals surface area contributed by atoms with Crippen LogP contribution in [0.15, 0.2) is 67.0 Å². The summed E-state index contributed by atoms with van der Waals surface area (Å²) in [5, 5.41) is 15.3. The van der Waals surface area contributed by atoms with Gasteiger partial charge in [0.1, 0.15) is 0 Å². The zero-order chi connectivity index (χ0) is 24.2. The number of hydrogen-bond acceptors (Lipinski definition) is 6. The first-order valence-electron chi connectivity index (χ1n) is 11.8. The Labute approximate surface area is 209 Å². The van der Waals surface area contributed by atoms with Crippen molar-refractivity contribution in [2.24, 2.45) is 0 Å². The molecule has 2 fully saturated rings. The standard InChI is InChI=1S/C25H28N6O3S/c32-31(33)20-9-7-19(8-10-20)29-13-3-6-22(29)24-23(21-5-1-2-11-26-21)27-25(35)30(24)14-4-12-28-15-17-34-18-16-28/h1-3,5-11,13,23-24H,4,12,14-18H2,(H,27,35)/t23-,24+/m1/s1. The van der Waals surface area contributed by atoms with Gasteiger partial charge in [0.05, 0.1) is 35.9 Å². The van der Waals surface area contributed by atoms with Gasteiger partial charge in [-0.15, -0.1) is 0 Å². The third-order valence-corrected chi connectivity index (χ3v) is 6.95. The molecule has 182 valence electrons. The second-order valence-corrected chi connectivity index (χ2v) is 9.09. The van der Waals surface area contributed by atoms with Crippen LogP contribution in [0.5, 0.6) is 0 Å². The monoisotopic (exact) mass is 492 g/mol. The lowest BCUT2D eigenvalue weighted by atomic mass is 10.0. The molecule has 4 heterocycles. The minimum absolute atomic E-state index is 0.0715. The summed E-state index contributed by atoms with van der Waals surface area (Å²) in [6.45, 7) is 5.31. The molecule has 0 radical (unpaired) electrons. The van der Waals surface area contributed by atoms with Crippen LogP contribution in [0, 0.1) is 10.1 Å². The van der Waals surface area contributed by atoms with E-state index < -0.39 is 0 Å². The molecule has 35 heavy (non-hydrogen) atoms. The molecule has 0 aliphatic carbocycles. The first-order chi connectivity index (χ1) is 17.1. The molecule has 2 aliphatic rings. The number of nitro groups is 1. The molecule has 0 saturated carbocycles. The van der Waals surface area contributed by atoms with Crippen molar-refractivity contribution in [2.75, 3.05) is 39.4 Å². The number of hydrogen-bond donors (Lipinski definition) is 1. The third kappa shape index (κ3) is 5.04. The Morgan fingerprint density at radius 2 is 1.89 bits per heavy atom. The molecule has 1 N–H and O–H groups in total. The summed E-state index contributed by atoms with van der Waals surface area (Å²) < 4.78 is 7.55. The van der Waals surface area contributed by atoms with Crippen molar-refractivity contribution in [3.8, 4) is 5.69 Å². The maximum absolute atomic E-state index is 11.1. The van der Waals surface area contributed by atoms with Gasteiger partial charge in [0.25, 0.3) is 5.69 Å². The smallest absolute Gasteiger partial charge is 0.269 e. The van der Waals surface area contributed by atoms with E-state index in [0.29, 0.717) is 5.11 Å². The van der Waals surface area contributed by atoms with Crippen LogP contribution >= 0.6 is 12.2 Å². The molecule has 2 aliphatic heterocycles. The van der Waals surface area contributed by atoms with Crippen molar-refractivity contribution in [1.29, 1.82) is 0 Å². The molecule has 3 aromatic rings. The van der Waals surface area contributed by atoms with Gasteiger partial charge in [0, 0.05) is 62.1 Å². The first kappa shape index (κ1) is 23.4. The van der Waals surface area contributed by atoms with E-state index in [4.69, 9.17) is 17.0 Å². The topological polar surface area (TPSA) is 88.7 Å². The molecule has 0 bridgehead atoms. The molecule has 5 rings (SSSR count). The van der Waals surface area contributed by atoms with Crippen LogP contribution in [0.25, 0.3) is 5.69 Å². The number of benzene rings is 1. The normalized spacial score (nSPS) is 20.7. The molecule has 0 spiro atoms. The molecular weight excluding hydrogens is 464 g/mol. The highest BCUT2D eigenvalue weighted by molar-refractivity contribution is 7.80.